The molecule has 1 fully saturated rings. The highest BCUT2D eigenvalue weighted by atomic mass is 28.3. The average Bonchev–Trinajstić information content (AvgIpc) is 2.77. The maximum absolute atomic E-state index is 5.80. The summed E-state index contributed by atoms with van der Waals surface area (Å²) in [5, 5.41) is 1.44. The standard InChI is InChI=1S/C15H22O2Si/c1-5-6-12-7-8-13(14(11-12)18(3)4)15(2)16-9-10-17-15/h5,7-8,11,18H,1,6,9-10H2,2-4H3. The van der Waals surface area contributed by atoms with Crippen molar-refractivity contribution in [1.29, 1.82) is 0 Å². The lowest BCUT2D eigenvalue weighted by atomic mass is 10.0. The third-order valence-electron chi connectivity index (χ3n) is 3.45. The van der Waals surface area contributed by atoms with Crippen molar-refractivity contribution in [2.75, 3.05) is 13.2 Å². The molecule has 1 saturated heterocycles. The quantitative estimate of drug-likeness (QED) is 0.612. The molecule has 1 heterocycles. The van der Waals surface area contributed by atoms with E-state index in [1.165, 1.54) is 16.3 Å². The van der Waals surface area contributed by atoms with Crippen molar-refractivity contribution < 1.29 is 9.47 Å². The molecule has 0 N–H and O–H groups in total. The number of allylic oxidation sites excluding steroid dienone is 1. The van der Waals surface area contributed by atoms with Crippen molar-refractivity contribution >= 4 is 14.0 Å². The minimum atomic E-state index is -0.915. The maximum Gasteiger partial charge on any atom is 0.191 e. The van der Waals surface area contributed by atoms with E-state index in [1.54, 1.807) is 0 Å². The third-order valence-corrected chi connectivity index (χ3v) is 5.17. The molecule has 3 heteroatoms. The first-order chi connectivity index (χ1) is 8.57. The Labute approximate surface area is 111 Å². The Bertz CT molecular complexity index is 434. The van der Waals surface area contributed by atoms with Crippen LogP contribution in [0.3, 0.4) is 0 Å². The van der Waals surface area contributed by atoms with Gasteiger partial charge < -0.3 is 9.47 Å². The van der Waals surface area contributed by atoms with E-state index in [1.807, 2.05) is 13.0 Å². The molecular weight excluding hydrogens is 240 g/mol. The van der Waals surface area contributed by atoms with E-state index in [9.17, 15) is 0 Å². The first-order valence-electron chi connectivity index (χ1n) is 6.59. The van der Waals surface area contributed by atoms with Crippen LogP contribution in [0.25, 0.3) is 0 Å². The van der Waals surface area contributed by atoms with Crippen LogP contribution in [0.1, 0.15) is 18.1 Å². The fourth-order valence-corrected chi connectivity index (χ4v) is 3.99. The summed E-state index contributed by atoms with van der Waals surface area (Å²) in [4.78, 5) is 0. The van der Waals surface area contributed by atoms with E-state index < -0.39 is 14.6 Å². The second-order valence-electron chi connectivity index (χ2n) is 5.21. The van der Waals surface area contributed by atoms with Gasteiger partial charge in [0.05, 0.1) is 22.0 Å². The van der Waals surface area contributed by atoms with Crippen molar-refractivity contribution in [3.05, 3.63) is 42.0 Å². The minimum absolute atomic E-state index is 0.542. The van der Waals surface area contributed by atoms with E-state index in [-0.39, 0.29) is 0 Å². The summed E-state index contributed by atoms with van der Waals surface area (Å²) >= 11 is 0. The number of rotatable bonds is 4. The smallest absolute Gasteiger partial charge is 0.191 e. The van der Waals surface area contributed by atoms with Gasteiger partial charge in [0.2, 0.25) is 0 Å². The van der Waals surface area contributed by atoms with Crippen LogP contribution in [0.15, 0.2) is 30.9 Å². The van der Waals surface area contributed by atoms with Crippen LogP contribution in [-0.2, 0) is 21.7 Å². The Kier molecular flexibility index (Phi) is 4.05. The van der Waals surface area contributed by atoms with Crippen LogP contribution in [0.4, 0.5) is 0 Å². The fraction of sp³-hybridized carbons (Fsp3) is 0.467. The van der Waals surface area contributed by atoms with Gasteiger partial charge in [0.1, 0.15) is 0 Å². The Morgan fingerprint density at radius 3 is 2.56 bits per heavy atom. The molecular formula is C15H22O2Si. The van der Waals surface area contributed by atoms with Gasteiger partial charge in [0.25, 0.3) is 0 Å². The predicted molar refractivity (Wildman–Crippen MR) is 78.1 cm³/mol. The zero-order valence-corrected chi connectivity index (χ0v) is 12.7. The third kappa shape index (κ3) is 2.58. The van der Waals surface area contributed by atoms with Crippen molar-refractivity contribution in [3.8, 4) is 0 Å². The highest BCUT2D eigenvalue weighted by Crippen LogP contribution is 2.30. The number of hydrogen-bond donors (Lipinski definition) is 0. The van der Waals surface area contributed by atoms with Gasteiger partial charge >= 0.3 is 0 Å². The van der Waals surface area contributed by atoms with E-state index >= 15 is 0 Å². The predicted octanol–water partition coefficient (Wildman–Crippen LogP) is 2.33. The van der Waals surface area contributed by atoms with Crippen molar-refractivity contribution in [2.45, 2.75) is 32.2 Å². The highest BCUT2D eigenvalue weighted by Gasteiger charge is 2.35. The lowest BCUT2D eigenvalue weighted by molar-refractivity contribution is -0.149. The summed E-state index contributed by atoms with van der Waals surface area (Å²) in [6.07, 6.45) is 2.87. The number of ether oxygens (including phenoxy) is 2. The number of hydrogen-bond acceptors (Lipinski definition) is 2. The molecule has 0 amide bonds. The summed E-state index contributed by atoms with van der Waals surface area (Å²) in [6.45, 7) is 11.9. The van der Waals surface area contributed by atoms with E-state index in [2.05, 4.69) is 37.9 Å². The molecule has 1 aromatic rings. The molecule has 0 spiro atoms. The van der Waals surface area contributed by atoms with Gasteiger partial charge in [-0.3, -0.25) is 0 Å². The molecule has 0 unspecified atom stereocenters. The average molecular weight is 262 g/mol. The first kappa shape index (κ1) is 13.5. The Morgan fingerprint density at radius 2 is 2.00 bits per heavy atom. The Balaban J connectivity index is 2.43. The summed E-state index contributed by atoms with van der Waals surface area (Å²) in [7, 11) is -0.915. The molecule has 0 radical (unpaired) electrons. The zero-order valence-electron chi connectivity index (χ0n) is 11.5. The van der Waals surface area contributed by atoms with Gasteiger partial charge in [-0.15, -0.1) is 6.58 Å². The Hall–Kier alpha value is -0.903. The molecule has 18 heavy (non-hydrogen) atoms. The lowest BCUT2D eigenvalue weighted by Gasteiger charge is -2.27. The lowest BCUT2D eigenvalue weighted by Crippen LogP contribution is -2.36. The van der Waals surface area contributed by atoms with Crippen LogP contribution in [-0.4, -0.2) is 22.0 Å². The van der Waals surface area contributed by atoms with Gasteiger partial charge in [-0.05, 0) is 18.9 Å². The van der Waals surface area contributed by atoms with E-state index in [4.69, 9.17) is 9.47 Å². The second kappa shape index (κ2) is 5.39. The van der Waals surface area contributed by atoms with Gasteiger partial charge in [-0.2, -0.15) is 0 Å². The summed E-state index contributed by atoms with van der Waals surface area (Å²) in [5.41, 5.74) is 2.54. The molecule has 0 aromatic heterocycles. The van der Waals surface area contributed by atoms with Gasteiger partial charge in [0, 0.05) is 5.56 Å². The van der Waals surface area contributed by atoms with Crippen molar-refractivity contribution in [3.63, 3.8) is 0 Å². The maximum atomic E-state index is 5.80. The van der Waals surface area contributed by atoms with Crippen LogP contribution in [0.5, 0.6) is 0 Å². The normalized spacial score (nSPS) is 18.2. The topological polar surface area (TPSA) is 18.5 Å². The molecule has 0 atom stereocenters. The van der Waals surface area contributed by atoms with Gasteiger partial charge in [-0.25, -0.2) is 0 Å². The Morgan fingerprint density at radius 1 is 1.33 bits per heavy atom. The molecule has 1 aromatic carbocycles. The highest BCUT2D eigenvalue weighted by molar-refractivity contribution is 6.71. The zero-order chi connectivity index (χ0) is 13.2. The minimum Gasteiger partial charge on any atom is -0.344 e. The first-order valence-corrected chi connectivity index (χ1v) is 9.47. The summed E-state index contributed by atoms with van der Waals surface area (Å²) in [6, 6.07) is 6.64. The summed E-state index contributed by atoms with van der Waals surface area (Å²) < 4.78 is 11.6. The molecule has 2 rings (SSSR count). The number of benzene rings is 1. The van der Waals surface area contributed by atoms with Crippen molar-refractivity contribution in [1.82, 2.24) is 0 Å². The van der Waals surface area contributed by atoms with E-state index in [0.29, 0.717) is 13.2 Å². The molecule has 0 bridgehead atoms. The monoisotopic (exact) mass is 262 g/mol. The molecule has 1 aliphatic heterocycles. The summed E-state index contributed by atoms with van der Waals surface area (Å²) in [5.74, 6) is -0.542. The van der Waals surface area contributed by atoms with E-state index in [0.717, 1.165) is 6.42 Å². The fourth-order valence-electron chi connectivity index (χ4n) is 2.47. The molecule has 2 nitrogen and oxygen atoms in total. The van der Waals surface area contributed by atoms with Crippen LogP contribution >= 0.6 is 0 Å². The van der Waals surface area contributed by atoms with Gasteiger partial charge in [-0.1, -0.05) is 42.6 Å². The van der Waals surface area contributed by atoms with Crippen LogP contribution in [0, 0.1) is 0 Å². The second-order valence-corrected chi connectivity index (χ2v) is 8.14. The molecule has 0 aliphatic carbocycles. The largest absolute Gasteiger partial charge is 0.344 e. The molecule has 0 saturated carbocycles. The van der Waals surface area contributed by atoms with Gasteiger partial charge in [0.15, 0.2) is 5.79 Å². The molecule has 1 aliphatic rings. The SMILES string of the molecule is C=CCc1ccc(C2(C)OCCO2)c([SiH](C)C)c1. The molecule has 98 valence electrons. The van der Waals surface area contributed by atoms with Crippen molar-refractivity contribution in [2.24, 2.45) is 0 Å². The van der Waals surface area contributed by atoms with Crippen LogP contribution in [0.2, 0.25) is 13.1 Å². The van der Waals surface area contributed by atoms with Crippen LogP contribution < -0.4 is 5.19 Å².